The zero-order valence-electron chi connectivity index (χ0n) is 7.02. The Morgan fingerprint density at radius 3 is 2.07 bits per heavy atom. The number of rotatable bonds is 5. The van der Waals surface area contributed by atoms with Crippen LogP contribution in [0.15, 0.2) is 0 Å². The number of nitrogens with one attached hydrogen (secondary N) is 1. The first-order chi connectivity index (χ1) is 6.18. The van der Waals surface area contributed by atoms with Gasteiger partial charge < -0.3 is 10.2 Å². The van der Waals surface area contributed by atoms with Gasteiger partial charge in [-0.1, -0.05) is 0 Å². The summed E-state index contributed by atoms with van der Waals surface area (Å²) >= 11 is 0. The number of carbonyl (C=O) groups is 1. The smallest absolute Gasteiger partial charge is 0.350 e. The minimum atomic E-state index is -5.01. The van der Waals surface area contributed by atoms with E-state index in [-0.39, 0.29) is 0 Å². The number of hydrogen-bond donors (Lipinski definition) is 3. The molecule has 0 heterocycles. The molecule has 0 saturated heterocycles. The van der Waals surface area contributed by atoms with Crippen molar-refractivity contribution in [3.8, 4) is 0 Å². The van der Waals surface area contributed by atoms with Gasteiger partial charge >= 0.3 is 11.7 Å². The van der Waals surface area contributed by atoms with Crippen molar-refractivity contribution in [2.75, 3.05) is 0 Å². The number of alkyl halides is 2. The molecule has 0 aliphatic carbocycles. The SMILES string of the molecule is CC(O)C(NS(=O)(=O)C(F)F)C(=O)O. The van der Waals surface area contributed by atoms with Crippen molar-refractivity contribution in [3.05, 3.63) is 0 Å². The molecule has 0 fully saturated rings. The normalized spacial score (nSPS) is 16.6. The Hall–Kier alpha value is -0.800. The molecule has 0 saturated carbocycles. The molecule has 0 aliphatic heterocycles. The number of sulfonamides is 1. The fraction of sp³-hybridized carbons (Fsp3) is 0.800. The van der Waals surface area contributed by atoms with E-state index < -0.39 is 33.9 Å². The molecule has 0 radical (unpaired) electrons. The van der Waals surface area contributed by atoms with E-state index in [1.54, 1.807) is 0 Å². The van der Waals surface area contributed by atoms with Gasteiger partial charge in [-0.05, 0) is 6.92 Å². The van der Waals surface area contributed by atoms with Crippen LogP contribution in [-0.4, -0.2) is 42.5 Å². The lowest BCUT2D eigenvalue weighted by Crippen LogP contribution is -2.49. The minimum absolute atomic E-state index is 0.965. The van der Waals surface area contributed by atoms with Gasteiger partial charge in [0.25, 0.3) is 10.0 Å². The van der Waals surface area contributed by atoms with E-state index in [1.807, 2.05) is 0 Å². The number of carboxylic acid groups (broad SMARTS) is 1. The molecule has 0 aliphatic rings. The Labute approximate surface area is 78.6 Å². The van der Waals surface area contributed by atoms with Gasteiger partial charge in [0.15, 0.2) is 0 Å². The van der Waals surface area contributed by atoms with Gasteiger partial charge in [0.2, 0.25) is 0 Å². The van der Waals surface area contributed by atoms with E-state index in [9.17, 15) is 22.0 Å². The third-order valence-electron chi connectivity index (χ3n) is 1.27. The Balaban J connectivity index is 4.71. The zero-order chi connectivity index (χ0) is 11.5. The summed E-state index contributed by atoms with van der Waals surface area (Å²) in [4.78, 5) is 10.3. The minimum Gasteiger partial charge on any atom is -0.480 e. The van der Waals surface area contributed by atoms with Crippen LogP contribution < -0.4 is 4.72 Å². The number of aliphatic hydroxyl groups is 1. The molecular formula is C5H9F2NO5S. The summed E-state index contributed by atoms with van der Waals surface area (Å²) in [5.74, 6) is -5.47. The number of carboxylic acids is 1. The highest BCUT2D eigenvalue weighted by Gasteiger charge is 2.33. The number of aliphatic carboxylic acids is 1. The fourth-order valence-electron chi connectivity index (χ4n) is 0.584. The molecule has 0 aromatic rings. The lowest BCUT2D eigenvalue weighted by atomic mass is 10.2. The van der Waals surface area contributed by atoms with Gasteiger partial charge in [-0.25, -0.2) is 8.42 Å². The standard InChI is InChI=1S/C5H9F2NO5S/c1-2(9)3(4(10)11)8-14(12,13)5(6)7/h2-3,5,8-9H,1H3,(H,10,11). The predicted molar refractivity (Wildman–Crippen MR) is 41.2 cm³/mol. The van der Waals surface area contributed by atoms with Gasteiger partial charge in [0, 0.05) is 0 Å². The van der Waals surface area contributed by atoms with E-state index in [0.29, 0.717) is 0 Å². The van der Waals surface area contributed by atoms with Crippen LogP contribution in [-0.2, 0) is 14.8 Å². The molecular weight excluding hydrogens is 224 g/mol. The fourth-order valence-corrected chi connectivity index (χ4v) is 1.34. The van der Waals surface area contributed by atoms with Gasteiger partial charge in [-0.3, -0.25) is 4.79 Å². The summed E-state index contributed by atoms with van der Waals surface area (Å²) in [7, 11) is -5.01. The molecule has 0 aromatic heterocycles. The molecule has 9 heteroatoms. The molecule has 2 atom stereocenters. The molecule has 3 N–H and O–H groups in total. The van der Waals surface area contributed by atoms with Gasteiger partial charge in [-0.2, -0.15) is 13.5 Å². The Morgan fingerprint density at radius 1 is 1.43 bits per heavy atom. The van der Waals surface area contributed by atoms with Crippen molar-refractivity contribution in [2.45, 2.75) is 24.8 Å². The third-order valence-corrected chi connectivity index (χ3v) is 2.33. The van der Waals surface area contributed by atoms with Crippen molar-refractivity contribution in [3.63, 3.8) is 0 Å². The van der Waals surface area contributed by atoms with E-state index in [4.69, 9.17) is 10.2 Å². The van der Waals surface area contributed by atoms with Crippen LogP contribution in [0.25, 0.3) is 0 Å². The maximum atomic E-state index is 11.8. The largest absolute Gasteiger partial charge is 0.480 e. The van der Waals surface area contributed by atoms with E-state index >= 15 is 0 Å². The van der Waals surface area contributed by atoms with Crippen LogP contribution in [0.2, 0.25) is 0 Å². The third kappa shape index (κ3) is 3.52. The lowest BCUT2D eigenvalue weighted by Gasteiger charge is -2.16. The monoisotopic (exact) mass is 233 g/mol. The molecule has 0 amide bonds. The summed E-state index contributed by atoms with van der Waals surface area (Å²) in [6.45, 7) is 0.965. The summed E-state index contributed by atoms with van der Waals surface area (Å²) < 4.78 is 45.7. The summed E-state index contributed by atoms with van der Waals surface area (Å²) in [6, 6.07) is -1.98. The van der Waals surface area contributed by atoms with Crippen LogP contribution in [0, 0.1) is 0 Å². The maximum absolute atomic E-state index is 11.8. The second-order valence-corrected chi connectivity index (χ2v) is 4.16. The zero-order valence-corrected chi connectivity index (χ0v) is 7.83. The summed E-state index contributed by atoms with van der Waals surface area (Å²) in [6.07, 6.45) is -1.61. The molecule has 2 unspecified atom stereocenters. The van der Waals surface area contributed by atoms with Crippen molar-refractivity contribution < 1.29 is 32.2 Å². The first kappa shape index (κ1) is 13.2. The highest BCUT2D eigenvalue weighted by molar-refractivity contribution is 7.89. The highest BCUT2D eigenvalue weighted by Crippen LogP contribution is 2.05. The topological polar surface area (TPSA) is 104 Å². The molecule has 0 rings (SSSR count). The number of hydrogen-bond acceptors (Lipinski definition) is 4. The summed E-state index contributed by atoms with van der Waals surface area (Å²) in [5, 5.41) is 17.1. The lowest BCUT2D eigenvalue weighted by molar-refractivity contribution is -0.141. The first-order valence-electron chi connectivity index (χ1n) is 3.38. The average Bonchev–Trinajstić information content (AvgIpc) is 1.98. The van der Waals surface area contributed by atoms with Gasteiger partial charge in [0.05, 0.1) is 6.10 Å². The quantitative estimate of drug-likeness (QED) is 0.563. The van der Waals surface area contributed by atoms with Crippen LogP contribution in [0.1, 0.15) is 6.92 Å². The molecule has 0 spiro atoms. The van der Waals surface area contributed by atoms with Crippen LogP contribution in [0.3, 0.4) is 0 Å². The highest BCUT2D eigenvalue weighted by atomic mass is 32.2. The van der Waals surface area contributed by atoms with Gasteiger partial charge in [-0.15, -0.1) is 0 Å². The van der Waals surface area contributed by atoms with Crippen molar-refractivity contribution in [1.82, 2.24) is 4.72 Å². The molecule has 14 heavy (non-hydrogen) atoms. The van der Waals surface area contributed by atoms with Crippen molar-refractivity contribution in [2.24, 2.45) is 0 Å². The first-order valence-corrected chi connectivity index (χ1v) is 4.93. The van der Waals surface area contributed by atoms with E-state index in [0.717, 1.165) is 11.6 Å². The van der Waals surface area contributed by atoms with Crippen molar-refractivity contribution >= 4 is 16.0 Å². The average molecular weight is 233 g/mol. The molecule has 6 nitrogen and oxygen atoms in total. The van der Waals surface area contributed by atoms with E-state index in [2.05, 4.69) is 0 Å². The molecule has 0 aromatic carbocycles. The van der Waals surface area contributed by atoms with Crippen LogP contribution >= 0.6 is 0 Å². The van der Waals surface area contributed by atoms with Gasteiger partial charge in [0.1, 0.15) is 6.04 Å². The number of halogens is 2. The summed E-state index contributed by atoms with van der Waals surface area (Å²) in [5.41, 5.74) is 0. The predicted octanol–water partition coefficient (Wildman–Crippen LogP) is -1.04. The van der Waals surface area contributed by atoms with Crippen LogP contribution in [0.4, 0.5) is 8.78 Å². The maximum Gasteiger partial charge on any atom is 0.350 e. The second kappa shape index (κ2) is 4.62. The second-order valence-electron chi connectivity index (χ2n) is 2.48. The Kier molecular flexibility index (Phi) is 4.36. The number of aliphatic hydroxyl groups excluding tert-OH is 1. The Bertz CT molecular complexity index is 301. The van der Waals surface area contributed by atoms with Crippen LogP contribution in [0.5, 0.6) is 0 Å². The molecule has 84 valence electrons. The van der Waals surface area contributed by atoms with E-state index in [1.165, 1.54) is 0 Å². The molecule has 0 bridgehead atoms. The van der Waals surface area contributed by atoms with Crippen molar-refractivity contribution in [1.29, 1.82) is 0 Å². The Morgan fingerprint density at radius 2 is 1.86 bits per heavy atom.